The molecule has 0 saturated heterocycles. The van der Waals surface area contributed by atoms with Gasteiger partial charge in [-0.2, -0.15) is 0 Å². The van der Waals surface area contributed by atoms with Gasteiger partial charge in [-0.15, -0.1) is 0 Å². The van der Waals surface area contributed by atoms with Crippen LogP contribution in [-0.2, 0) is 4.74 Å². The first kappa shape index (κ1) is 13.0. The van der Waals surface area contributed by atoms with E-state index in [2.05, 4.69) is 26.1 Å². The molecule has 15 heavy (non-hydrogen) atoms. The van der Waals surface area contributed by atoms with E-state index in [9.17, 15) is 0 Å². The summed E-state index contributed by atoms with van der Waals surface area (Å²) in [7, 11) is 1.79. The molecule has 1 aliphatic rings. The van der Waals surface area contributed by atoms with Crippen LogP contribution in [-0.4, -0.2) is 25.8 Å². The first-order chi connectivity index (χ1) is 7.05. The van der Waals surface area contributed by atoms with Gasteiger partial charge in [0.15, 0.2) is 0 Å². The van der Waals surface area contributed by atoms with Crippen molar-refractivity contribution >= 4 is 0 Å². The van der Waals surface area contributed by atoms with Crippen LogP contribution in [0.1, 0.15) is 46.5 Å². The summed E-state index contributed by atoms with van der Waals surface area (Å²) in [6.07, 6.45) is 5.36. The summed E-state index contributed by atoms with van der Waals surface area (Å²) in [4.78, 5) is 0. The summed E-state index contributed by atoms with van der Waals surface area (Å²) in [5.41, 5.74) is 0.0221. The third-order valence-corrected chi connectivity index (χ3v) is 3.90. The average Bonchev–Trinajstić information content (AvgIpc) is 2.59. The lowest BCUT2D eigenvalue weighted by Gasteiger charge is -2.23. The van der Waals surface area contributed by atoms with Crippen LogP contribution >= 0.6 is 0 Å². The Kier molecular flexibility index (Phi) is 5.07. The van der Waals surface area contributed by atoms with Crippen molar-refractivity contribution in [1.82, 2.24) is 5.32 Å². The predicted molar refractivity (Wildman–Crippen MR) is 65.1 cm³/mol. The molecule has 1 N–H and O–H groups in total. The highest BCUT2D eigenvalue weighted by molar-refractivity contribution is 4.76. The number of methoxy groups -OCH3 is 1. The minimum atomic E-state index is 0.0221. The zero-order valence-electron chi connectivity index (χ0n) is 10.8. The molecule has 0 spiro atoms. The van der Waals surface area contributed by atoms with E-state index in [1.165, 1.54) is 25.8 Å². The SMILES string of the molecule is COC(C)(C)CCNCC1CCCC1C. The van der Waals surface area contributed by atoms with Gasteiger partial charge in [-0.25, -0.2) is 0 Å². The predicted octanol–water partition coefficient (Wildman–Crippen LogP) is 2.83. The molecule has 2 unspecified atom stereocenters. The molecule has 90 valence electrons. The van der Waals surface area contributed by atoms with Crippen molar-refractivity contribution in [3.63, 3.8) is 0 Å². The smallest absolute Gasteiger partial charge is 0.0634 e. The van der Waals surface area contributed by atoms with Gasteiger partial charge in [0.1, 0.15) is 0 Å². The highest BCUT2D eigenvalue weighted by Gasteiger charge is 2.23. The largest absolute Gasteiger partial charge is 0.379 e. The molecule has 2 nitrogen and oxygen atoms in total. The van der Waals surface area contributed by atoms with Gasteiger partial charge in [-0.3, -0.25) is 0 Å². The fourth-order valence-corrected chi connectivity index (χ4v) is 2.30. The van der Waals surface area contributed by atoms with Gasteiger partial charge in [0, 0.05) is 7.11 Å². The number of hydrogen-bond donors (Lipinski definition) is 1. The second kappa shape index (κ2) is 5.86. The lowest BCUT2D eigenvalue weighted by atomic mass is 9.98. The second-order valence-corrected chi connectivity index (χ2v) is 5.59. The molecule has 0 aromatic heterocycles. The van der Waals surface area contributed by atoms with E-state index in [4.69, 9.17) is 4.74 Å². The molecule has 2 atom stereocenters. The second-order valence-electron chi connectivity index (χ2n) is 5.59. The Morgan fingerprint density at radius 2 is 2.07 bits per heavy atom. The summed E-state index contributed by atoms with van der Waals surface area (Å²) in [5.74, 6) is 1.84. The monoisotopic (exact) mass is 213 g/mol. The number of rotatable bonds is 6. The van der Waals surface area contributed by atoms with Crippen LogP contribution in [0.15, 0.2) is 0 Å². The van der Waals surface area contributed by atoms with Gasteiger partial charge < -0.3 is 10.1 Å². The molecule has 0 aromatic carbocycles. The maximum Gasteiger partial charge on any atom is 0.0634 e. The summed E-state index contributed by atoms with van der Waals surface area (Å²) >= 11 is 0. The highest BCUT2D eigenvalue weighted by atomic mass is 16.5. The minimum Gasteiger partial charge on any atom is -0.379 e. The van der Waals surface area contributed by atoms with Gasteiger partial charge in [-0.1, -0.05) is 19.8 Å². The maximum atomic E-state index is 5.39. The van der Waals surface area contributed by atoms with E-state index in [0.717, 1.165) is 24.8 Å². The van der Waals surface area contributed by atoms with Crippen LogP contribution in [0.3, 0.4) is 0 Å². The Hall–Kier alpha value is -0.0800. The molecule has 0 aliphatic heterocycles. The van der Waals surface area contributed by atoms with Crippen molar-refractivity contribution in [1.29, 1.82) is 0 Å². The molecule has 0 heterocycles. The number of hydrogen-bond acceptors (Lipinski definition) is 2. The van der Waals surface area contributed by atoms with E-state index in [0.29, 0.717) is 0 Å². The van der Waals surface area contributed by atoms with Crippen LogP contribution in [0.2, 0.25) is 0 Å². The zero-order chi connectivity index (χ0) is 11.3. The number of ether oxygens (including phenoxy) is 1. The fourth-order valence-electron chi connectivity index (χ4n) is 2.30. The highest BCUT2D eigenvalue weighted by Crippen LogP contribution is 2.30. The molecule has 1 aliphatic carbocycles. The molecule has 0 bridgehead atoms. The molecule has 0 aromatic rings. The molecule has 2 heteroatoms. The Morgan fingerprint density at radius 3 is 2.60 bits per heavy atom. The Labute approximate surface area is 94.8 Å². The van der Waals surface area contributed by atoms with Crippen molar-refractivity contribution in [3.8, 4) is 0 Å². The van der Waals surface area contributed by atoms with Crippen molar-refractivity contribution in [2.45, 2.75) is 52.1 Å². The third-order valence-electron chi connectivity index (χ3n) is 3.90. The van der Waals surface area contributed by atoms with Crippen molar-refractivity contribution in [2.24, 2.45) is 11.8 Å². The molecule has 1 fully saturated rings. The van der Waals surface area contributed by atoms with Crippen LogP contribution < -0.4 is 5.32 Å². The van der Waals surface area contributed by atoms with E-state index in [1.54, 1.807) is 7.11 Å². The lowest BCUT2D eigenvalue weighted by molar-refractivity contribution is 0.0157. The molecule has 0 amide bonds. The fraction of sp³-hybridized carbons (Fsp3) is 1.00. The number of nitrogens with one attached hydrogen (secondary N) is 1. The summed E-state index contributed by atoms with van der Waals surface area (Å²) in [6.45, 7) is 8.95. The first-order valence-corrected chi connectivity index (χ1v) is 6.31. The maximum absolute atomic E-state index is 5.39. The van der Waals surface area contributed by atoms with Gasteiger partial charge in [0.2, 0.25) is 0 Å². The topological polar surface area (TPSA) is 21.3 Å². The zero-order valence-corrected chi connectivity index (χ0v) is 10.8. The van der Waals surface area contributed by atoms with Crippen molar-refractivity contribution in [2.75, 3.05) is 20.2 Å². The van der Waals surface area contributed by atoms with Gasteiger partial charge in [0.25, 0.3) is 0 Å². The molecule has 1 saturated carbocycles. The molecular formula is C13H27NO. The Bertz CT molecular complexity index is 179. The summed E-state index contributed by atoms with van der Waals surface area (Å²) in [5, 5.41) is 3.57. The molecule has 0 radical (unpaired) electrons. The third kappa shape index (κ3) is 4.52. The lowest BCUT2D eigenvalue weighted by Crippen LogP contribution is -2.31. The van der Waals surface area contributed by atoms with Crippen molar-refractivity contribution in [3.05, 3.63) is 0 Å². The molecular weight excluding hydrogens is 186 g/mol. The van der Waals surface area contributed by atoms with E-state index < -0.39 is 0 Å². The molecule has 1 rings (SSSR count). The van der Waals surface area contributed by atoms with E-state index >= 15 is 0 Å². The minimum absolute atomic E-state index is 0.0221. The normalized spacial score (nSPS) is 27.2. The van der Waals surface area contributed by atoms with Gasteiger partial charge >= 0.3 is 0 Å². The van der Waals surface area contributed by atoms with Gasteiger partial charge in [0.05, 0.1) is 5.60 Å². The quantitative estimate of drug-likeness (QED) is 0.685. The van der Waals surface area contributed by atoms with Crippen LogP contribution in [0.4, 0.5) is 0 Å². The van der Waals surface area contributed by atoms with Crippen LogP contribution in [0, 0.1) is 11.8 Å². The van der Waals surface area contributed by atoms with Crippen LogP contribution in [0.5, 0.6) is 0 Å². The Morgan fingerprint density at radius 1 is 1.33 bits per heavy atom. The van der Waals surface area contributed by atoms with Crippen LogP contribution in [0.25, 0.3) is 0 Å². The van der Waals surface area contributed by atoms with Crippen molar-refractivity contribution < 1.29 is 4.74 Å². The average molecular weight is 213 g/mol. The Balaban J connectivity index is 2.06. The van der Waals surface area contributed by atoms with E-state index in [-0.39, 0.29) is 5.60 Å². The first-order valence-electron chi connectivity index (χ1n) is 6.31. The van der Waals surface area contributed by atoms with Gasteiger partial charge in [-0.05, 0) is 51.6 Å². The summed E-state index contributed by atoms with van der Waals surface area (Å²) in [6, 6.07) is 0. The van der Waals surface area contributed by atoms with E-state index in [1.807, 2.05) is 0 Å². The summed E-state index contributed by atoms with van der Waals surface area (Å²) < 4.78 is 5.39. The standard InChI is InChI=1S/C13H27NO/c1-11-6-5-7-12(11)10-14-9-8-13(2,3)15-4/h11-12,14H,5-10H2,1-4H3.